The van der Waals surface area contributed by atoms with Crippen molar-refractivity contribution in [3.05, 3.63) is 29.3 Å². The summed E-state index contributed by atoms with van der Waals surface area (Å²) in [5.41, 5.74) is 2.99. The van der Waals surface area contributed by atoms with E-state index >= 15 is 0 Å². The maximum atomic E-state index is 10.5. The fourth-order valence-corrected chi connectivity index (χ4v) is 7.13. The number of carboxylic acid groups (broad SMARTS) is 2. The highest BCUT2D eigenvalue weighted by Gasteiger charge is 2.54. The summed E-state index contributed by atoms with van der Waals surface area (Å²) < 4.78 is 0. The molecular formula is C26H36O6. The normalized spacial score (nSPS) is 37.8. The van der Waals surface area contributed by atoms with Gasteiger partial charge in [0.15, 0.2) is 0 Å². The third kappa shape index (κ3) is 4.26. The van der Waals surface area contributed by atoms with Crippen molar-refractivity contribution in [1.82, 2.24) is 0 Å². The molecule has 4 aliphatic carbocycles. The van der Waals surface area contributed by atoms with Crippen LogP contribution in [-0.4, -0.2) is 38.5 Å². The first-order chi connectivity index (χ1) is 15.2. The molecule has 0 saturated heterocycles. The van der Waals surface area contributed by atoms with Crippen LogP contribution in [0.2, 0.25) is 0 Å². The number of aliphatic hydroxyl groups excluding tert-OH is 1. The van der Waals surface area contributed by atoms with Gasteiger partial charge in [0, 0.05) is 0 Å². The highest BCUT2D eigenvalue weighted by atomic mass is 16.4. The van der Waals surface area contributed by atoms with Gasteiger partial charge in [-0.3, -0.25) is 9.59 Å². The first-order valence-corrected chi connectivity index (χ1v) is 12.2. The Hall–Kier alpha value is -2.08. The van der Waals surface area contributed by atoms with Gasteiger partial charge in [-0.1, -0.05) is 13.0 Å². The maximum Gasteiger partial charge on any atom is 0.306 e. The lowest BCUT2D eigenvalue weighted by atomic mass is 9.55. The van der Waals surface area contributed by atoms with Crippen molar-refractivity contribution in [2.75, 3.05) is 0 Å². The molecule has 0 heterocycles. The highest BCUT2D eigenvalue weighted by Crippen LogP contribution is 2.60. The second-order valence-corrected chi connectivity index (χ2v) is 10.7. The van der Waals surface area contributed by atoms with Crippen LogP contribution in [0.1, 0.15) is 81.8 Å². The van der Waals surface area contributed by atoms with Crippen molar-refractivity contribution < 1.29 is 30.0 Å². The number of benzene rings is 1. The number of aliphatic hydroxyl groups is 1. The predicted octanol–water partition coefficient (Wildman–Crippen LogP) is 4.57. The van der Waals surface area contributed by atoms with Crippen LogP contribution >= 0.6 is 0 Å². The largest absolute Gasteiger partial charge is 0.508 e. The van der Waals surface area contributed by atoms with Gasteiger partial charge in [0.05, 0.1) is 17.9 Å². The zero-order valence-electron chi connectivity index (χ0n) is 18.9. The molecule has 176 valence electrons. The molecule has 5 atom stereocenters. The van der Waals surface area contributed by atoms with Crippen molar-refractivity contribution in [3.8, 4) is 5.75 Å². The van der Waals surface area contributed by atoms with Crippen LogP contribution < -0.4 is 0 Å². The van der Waals surface area contributed by atoms with Crippen LogP contribution in [0.3, 0.4) is 0 Å². The lowest BCUT2D eigenvalue weighted by molar-refractivity contribution is -0.148. The van der Waals surface area contributed by atoms with E-state index < -0.39 is 11.9 Å². The van der Waals surface area contributed by atoms with Crippen LogP contribution in [0.15, 0.2) is 18.2 Å². The molecule has 3 fully saturated rings. The van der Waals surface area contributed by atoms with Crippen LogP contribution in [0, 0.1) is 29.1 Å². The average Bonchev–Trinajstić information content (AvgIpc) is 3.08. The van der Waals surface area contributed by atoms with Gasteiger partial charge in [-0.15, -0.1) is 0 Å². The number of fused-ring (bicyclic) bond motifs is 5. The van der Waals surface area contributed by atoms with E-state index in [-0.39, 0.29) is 23.4 Å². The summed E-state index contributed by atoms with van der Waals surface area (Å²) in [6, 6.07) is 5.96. The van der Waals surface area contributed by atoms with E-state index in [1.54, 1.807) is 0 Å². The van der Waals surface area contributed by atoms with E-state index in [0.717, 1.165) is 25.2 Å². The topological polar surface area (TPSA) is 115 Å². The molecule has 0 aliphatic heterocycles. The van der Waals surface area contributed by atoms with E-state index in [1.807, 2.05) is 12.1 Å². The van der Waals surface area contributed by atoms with E-state index in [9.17, 15) is 19.8 Å². The lowest BCUT2D eigenvalue weighted by Gasteiger charge is -2.50. The summed E-state index contributed by atoms with van der Waals surface area (Å²) in [5.74, 6) is 0.266. The Morgan fingerprint density at radius 1 is 0.906 bits per heavy atom. The summed E-state index contributed by atoms with van der Waals surface area (Å²) in [7, 11) is 0. The number of aromatic hydroxyl groups is 1. The summed E-state index contributed by atoms with van der Waals surface area (Å²) >= 11 is 0. The van der Waals surface area contributed by atoms with Crippen LogP contribution in [0.4, 0.5) is 0 Å². The third-order valence-corrected chi connectivity index (χ3v) is 9.09. The van der Waals surface area contributed by atoms with Gasteiger partial charge in [0.1, 0.15) is 5.75 Å². The van der Waals surface area contributed by atoms with E-state index in [4.69, 9.17) is 10.2 Å². The Morgan fingerprint density at radius 2 is 1.53 bits per heavy atom. The monoisotopic (exact) mass is 444 g/mol. The molecule has 0 aromatic heterocycles. The van der Waals surface area contributed by atoms with Crippen molar-refractivity contribution in [2.45, 2.75) is 83.2 Å². The maximum absolute atomic E-state index is 10.5. The Balaban J connectivity index is 0.000000176. The zero-order chi connectivity index (χ0) is 23.0. The summed E-state index contributed by atoms with van der Waals surface area (Å²) in [4.78, 5) is 21.0. The van der Waals surface area contributed by atoms with E-state index in [2.05, 4.69) is 13.0 Å². The SMILES string of the molecule is C[C@]12CC[C@@H]3c4ccc(O)cc4CC[C@H]3[C@@H]1CCC2O.O=C(O)C1CCC(C(=O)O)CC1. The molecule has 0 amide bonds. The molecule has 32 heavy (non-hydrogen) atoms. The van der Waals surface area contributed by atoms with Crippen molar-refractivity contribution in [3.63, 3.8) is 0 Å². The fourth-order valence-electron chi connectivity index (χ4n) is 7.13. The second-order valence-electron chi connectivity index (χ2n) is 10.7. The van der Waals surface area contributed by atoms with Crippen molar-refractivity contribution in [2.24, 2.45) is 29.1 Å². The van der Waals surface area contributed by atoms with E-state index in [1.165, 1.54) is 30.4 Å². The predicted molar refractivity (Wildman–Crippen MR) is 119 cm³/mol. The van der Waals surface area contributed by atoms with Gasteiger partial charge in [-0.2, -0.15) is 0 Å². The van der Waals surface area contributed by atoms with E-state index in [0.29, 0.717) is 43.3 Å². The number of carbonyl (C=O) groups is 2. The van der Waals surface area contributed by atoms with Gasteiger partial charge in [-0.05, 0) is 111 Å². The Kier molecular flexibility index (Phi) is 6.53. The number of hydrogen-bond acceptors (Lipinski definition) is 4. The summed E-state index contributed by atoms with van der Waals surface area (Å²) in [5, 5.41) is 37.3. The Labute approximate surface area is 189 Å². The van der Waals surface area contributed by atoms with Gasteiger partial charge in [-0.25, -0.2) is 0 Å². The number of rotatable bonds is 2. The minimum absolute atomic E-state index is 0.0883. The molecule has 5 rings (SSSR count). The van der Waals surface area contributed by atoms with Gasteiger partial charge in [0.25, 0.3) is 0 Å². The van der Waals surface area contributed by atoms with Crippen LogP contribution in [0.5, 0.6) is 5.75 Å². The van der Waals surface area contributed by atoms with Gasteiger partial charge in [0.2, 0.25) is 0 Å². The molecule has 4 aliphatic rings. The second kappa shape index (κ2) is 9.05. The van der Waals surface area contributed by atoms with Crippen LogP contribution in [0.25, 0.3) is 0 Å². The minimum Gasteiger partial charge on any atom is -0.508 e. The number of aryl methyl sites for hydroxylation is 1. The number of carboxylic acids is 2. The highest BCUT2D eigenvalue weighted by molar-refractivity contribution is 5.72. The first-order valence-electron chi connectivity index (χ1n) is 12.2. The van der Waals surface area contributed by atoms with Gasteiger partial charge < -0.3 is 20.4 Å². The molecule has 1 aromatic rings. The minimum atomic E-state index is -0.793. The third-order valence-electron chi connectivity index (χ3n) is 9.09. The van der Waals surface area contributed by atoms with Crippen LogP contribution in [-0.2, 0) is 16.0 Å². The molecule has 4 N–H and O–H groups in total. The number of phenols is 1. The first kappa shape index (κ1) is 23.1. The van der Waals surface area contributed by atoms with Crippen molar-refractivity contribution >= 4 is 11.9 Å². The Bertz CT molecular complexity index is 836. The van der Waals surface area contributed by atoms with Crippen molar-refractivity contribution in [1.29, 1.82) is 0 Å². The summed E-state index contributed by atoms with van der Waals surface area (Å²) in [6.45, 7) is 2.32. The quantitative estimate of drug-likeness (QED) is 0.531. The molecule has 0 spiro atoms. The molecule has 6 heteroatoms. The average molecular weight is 445 g/mol. The molecule has 1 unspecified atom stereocenters. The molecule has 6 nitrogen and oxygen atoms in total. The molecule has 0 radical (unpaired) electrons. The Morgan fingerprint density at radius 3 is 2.12 bits per heavy atom. The number of hydrogen-bond donors (Lipinski definition) is 4. The molecule has 1 aromatic carbocycles. The standard InChI is InChI=1S/C18H24O2.C8H12O4/c1-18-9-8-14-13-5-3-12(19)10-11(13)2-4-15(14)16(18)6-7-17(18)20;9-7(10)5-1-2-6(4-3-5)8(11)12/h3,5,10,14-17,19-20H,2,4,6-9H2,1H3;5-6H,1-4H2,(H,9,10)(H,11,12)/t14-,15-,16+,17?,18+;/m1./s1. The number of aliphatic carboxylic acids is 2. The van der Waals surface area contributed by atoms with Gasteiger partial charge >= 0.3 is 11.9 Å². The lowest BCUT2D eigenvalue weighted by Crippen LogP contribution is -2.43. The zero-order valence-corrected chi connectivity index (χ0v) is 18.9. The smallest absolute Gasteiger partial charge is 0.306 e. The molecular weight excluding hydrogens is 408 g/mol. The fraction of sp³-hybridized carbons (Fsp3) is 0.692. The molecule has 3 saturated carbocycles. The summed E-state index contributed by atoms with van der Waals surface area (Å²) in [6.07, 6.45) is 8.81. The number of phenolic OH excluding ortho intramolecular Hbond substituents is 1. The molecule has 0 bridgehead atoms.